The molecule has 3 amide bonds. The number of fused-ring (bicyclic) bond motifs is 1. The Kier molecular flexibility index (Phi) is 6.29. The van der Waals surface area contributed by atoms with Crippen LogP contribution in [0.2, 0.25) is 0 Å². The van der Waals surface area contributed by atoms with Crippen molar-refractivity contribution >= 4 is 17.7 Å². The largest absolute Gasteiger partial charge is 0.493 e. The Labute approximate surface area is 170 Å². The molecule has 1 atom stereocenters. The summed E-state index contributed by atoms with van der Waals surface area (Å²) in [6.45, 7) is 4.78. The topological polar surface area (TPSA) is 87.7 Å². The molecule has 2 aromatic carbocycles. The zero-order chi connectivity index (χ0) is 21.0. The third kappa shape index (κ3) is 4.30. The number of imide groups is 1. The highest BCUT2D eigenvalue weighted by atomic mass is 16.5. The second-order valence-electron chi connectivity index (χ2n) is 6.91. The van der Waals surface area contributed by atoms with E-state index in [0.29, 0.717) is 41.2 Å². The van der Waals surface area contributed by atoms with Gasteiger partial charge in [-0.15, -0.1) is 0 Å². The molecule has 2 aromatic rings. The normalized spacial score (nSPS) is 14.0. The van der Waals surface area contributed by atoms with Crippen LogP contribution < -0.4 is 15.4 Å². The van der Waals surface area contributed by atoms with Gasteiger partial charge in [0.1, 0.15) is 5.75 Å². The molecule has 0 saturated carbocycles. The molecule has 1 heterocycles. The number of nitrogens with one attached hydrogen (secondary N) is 2. The Morgan fingerprint density at radius 1 is 1.10 bits per heavy atom. The van der Waals surface area contributed by atoms with Crippen molar-refractivity contribution in [2.45, 2.75) is 26.4 Å². The summed E-state index contributed by atoms with van der Waals surface area (Å²) in [6, 6.07) is 12.0. The van der Waals surface area contributed by atoms with Gasteiger partial charge in [0.25, 0.3) is 17.7 Å². The Morgan fingerprint density at radius 3 is 2.34 bits per heavy atom. The van der Waals surface area contributed by atoms with Gasteiger partial charge in [0.05, 0.1) is 29.8 Å². The lowest BCUT2D eigenvalue weighted by Crippen LogP contribution is -2.37. The first-order chi connectivity index (χ1) is 14.0. The molecule has 152 valence electrons. The molecule has 0 bridgehead atoms. The Bertz CT molecular complexity index is 906. The fourth-order valence-corrected chi connectivity index (χ4v) is 3.14. The summed E-state index contributed by atoms with van der Waals surface area (Å²) < 4.78 is 5.59. The third-order valence-corrected chi connectivity index (χ3v) is 4.87. The first-order valence-corrected chi connectivity index (χ1v) is 9.62. The van der Waals surface area contributed by atoms with Gasteiger partial charge in [0, 0.05) is 12.6 Å². The van der Waals surface area contributed by atoms with E-state index in [2.05, 4.69) is 10.6 Å². The van der Waals surface area contributed by atoms with Crippen LogP contribution in [0.4, 0.5) is 0 Å². The highest BCUT2D eigenvalue weighted by Crippen LogP contribution is 2.26. The molecule has 1 unspecified atom stereocenters. The molecule has 7 nitrogen and oxygen atoms in total. The van der Waals surface area contributed by atoms with Crippen LogP contribution in [-0.4, -0.2) is 48.9 Å². The number of benzene rings is 2. The van der Waals surface area contributed by atoms with Gasteiger partial charge in [-0.2, -0.15) is 0 Å². The molecule has 0 spiro atoms. The average Bonchev–Trinajstić information content (AvgIpc) is 2.98. The Balaban J connectivity index is 1.83. The van der Waals surface area contributed by atoms with Crippen molar-refractivity contribution in [3.8, 4) is 5.75 Å². The van der Waals surface area contributed by atoms with Gasteiger partial charge in [-0.05, 0) is 50.7 Å². The van der Waals surface area contributed by atoms with E-state index in [9.17, 15) is 14.4 Å². The molecule has 3 rings (SSSR count). The minimum absolute atomic E-state index is 0.0892. The SMILES string of the molecule is CCOc1ccc(CN2C(=O)c3ccccc3C2=O)cc1C(=O)NCC(C)NC. The summed E-state index contributed by atoms with van der Waals surface area (Å²) in [4.78, 5) is 39.1. The summed E-state index contributed by atoms with van der Waals surface area (Å²) in [7, 11) is 1.82. The zero-order valence-corrected chi connectivity index (χ0v) is 16.8. The lowest BCUT2D eigenvalue weighted by Gasteiger charge is -2.17. The second-order valence-corrected chi connectivity index (χ2v) is 6.91. The predicted octanol–water partition coefficient (Wildman–Crippen LogP) is 2.22. The van der Waals surface area contributed by atoms with Crippen LogP contribution in [0.5, 0.6) is 5.75 Å². The van der Waals surface area contributed by atoms with Crippen molar-refractivity contribution in [1.29, 1.82) is 0 Å². The van der Waals surface area contributed by atoms with E-state index in [1.54, 1.807) is 42.5 Å². The number of ether oxygens (including phenoxy) is 1. The molecule has 1 aliphatic heterocycles. The van der Waals surface area contributed by atoms with Crippen LogP contribution in [0.3, 0.4) is 0 Å². The predicted molar refractivity (Wildman–Crippen MR) is 109 cm³/mol. The lowest BCUT2D eigenvalue weighted by molar-refractivity contribution is 0.0642. The van der Waals surface area contributed by atoms with Gasteiger partial charge in [-0.25, -0.2) is 0 Å². The van der Waals surface area contributed by atoms with E-state index in [1.807, 2.05) is 20.9 Å². The van der Waals surface area contributed by atoms with Crippen LogP contribution >= 0.6 is 0 Å². The first kappa shape index (κ1) is 20.5. The second kappa shape index (κ2) is 8.87. The van der Waals surface area contributed by atoms with Gasteiger partial charge in [0.2, 0.25) is 0 Å². The number of hydrogen-bond acceptors (Lipinski definition) is 5. The van der Waals surface area contributed by atoms with Gasteiger partial charge in [-0.1, -0.05) is 18.2 Å². The number of amides is 3. The van der Waals surface area contributed by atoms with Crippen LogP contribution in [-0.2, 0) is 6.54 Å². The molecule has 7 heteroatoms. The summed E-state index contributed by atoms with van der Waals surface area (Å²) in [5.74, 6) is -0.449. The minimum atomic E-state index is -0.326. The van der Waals surface area contributed by atoms with Crippen LogP contribution in [0.1, 0.15) is 50.5 Å². The van der Waals surface area contributed by atoms with E-state index in [4.69, 9.17) is 4.74 Å². The van der Waals surface area contributed by atoms with E-state index in [1.165, 1.54) is 4.90 Å². The van der Waals surface area contributed by atoms with Crippen molar-refractivity contribution in [1.82, 2.24) is 15.5 Å². The number of carbonyl (C=O) groups excluding carboxylic acids is 3. The van der Waals surface area contributed by atoms with Gasteiger partial charge < -0.3 is 15.4 Å². The Hall–Kier alpha value is -3.19. The molecule has 0 radical (unpaired) electrons. The van der Waals surface area contributed by atoms with Crippen LogP contribution in [0.25, 0.3) is 0 Å². The monoisotopic (exact) mass is 395 g/mol. The maximum atomic E-state index is 12.7. The smallest absolute Gasteiger partial charge is 0.261 e. The standard InChI is InChI=1S/C22H25N3O4/c1-4-29-19-10-9-15(11-18(19)20(26)24-12-14(2)23-3)13-25-21(27)16-7-5-6-8-17(16)22(25)28/h5-11,14,23H,4,12-13H2,1-3H3,(H,24,26). The van der Waals surface area contributed by atoms with Crippen molar-refractivity contribution in [3.63, 3.8) is 0 Å². The molecular formula is C22H25N3O4. The number of hydrogen-bond donors (Lipinski definition) is 2. The maximum absolute atomic E-state index is 12.7. The molecule has 0 fully saturated rings. The maximum Gasteiger partial charge on any atom is 0.261 e. The molecule has 0 aromatic heterocycles. The van der Waals surface area contributed by atoms with E-state index < -0.39 is 0 Å². The summed E-state index contributed by atoms with van der Waals surface area (Å²) in [5.41, 5.74) is 1.86. The summed E-state index contributed by atoms with van der Waals surface area (Å²) in [5, 5.41) is 5.93. The molecular weight excluding hydrogens is 370 g/mol. The number of carbonyl (C=O) groups is 3. The molecule has 0 saturated heterocycles. The average molecular weight is 395 g/mol. The van der Waals surface area contributed by atoms with Crippen molar-refractivity contribution < 1.29 is 19.1 Å². The third-order valence-electron chi connectivity index (χ3n) is 4.87. The van der Waals surface area contributed by atoms with Crippen molar-refractivity contribution in [2.75, 3.05) is 20.2 Å². The number of rotatable bonds is 8. The van der Waals surface area contributed by atoms with E-state index >= 15 is 0 Å². The lowest BCUT2D eigenvalue weighted by atomic mass is 10.1. The van der Waals surface area contributed by atoms with Gasteiger partial charge in [0.15, 0.2) is 0 Å². The van der Waals surface area contributed by atoms with Gasteiger partial charge in [-0.3, -0.25) is 19.3 Å². The van der Waals surface area contributed by atoms with E-state index in [-0.39, 0.29) is 30.3 Å². The number of likely N-dealkylation sites (N-methyl/N-ethyl adjacent to an activating group) is 1. The number of nitrogens with zero attached hydrogens (tertiary/aromatic N) is 1. The highest BCUT2D eigenvalue weighted by molar-refractivity contribution is 6.21. The fraction of sp³-hybridized carbons (Fsp3) is 0.318. The van der Waals surface area contributed by atoms with Crippen LogP contribution in [0.15, 0.2) is 42.5 Å². The minimum Gasteiger partial charge on any atom is -0.493 e. The molecule has 0 aliphatic carbocycles. The molecule has 1 aliphatic rings. The van der Waals surface area contributed by atoms with Crippen LogP contribution in [0, 0.1) is 0 Å². The van der Waals surface area contributed by atoms with Crippen molar-refractivity contribution in [2.24, 2.45) is 0 Å². The fourth-order valence-electron chi connectivity index (χ4n) is 3.14. The summed E-state index contributed by atoms with van der Waals surface area (Å²) in [6.07, 6.45) is 0. The van der Waals surface area contributed by atoms with E-state index in [0.717, 1.165) is 0 Å². The van der Waals surface area contributed by atoms with Gasteiger partial charge >= 0.3 is 0 Å². The summed E-state index contributed by atoms with van der Waals surface area (Å²) >= 11 is 0. The molecule has 29 heavy (non-hydrogen) atoms. The Morgan fingerprint density at radius 2 is 1.76 bits per heavy atom. The zero-order valence-electron chi connectivity index (χ0n) is 16.8. The highest BCUT2D eigenvalue weighted by Gasteiger charge is 2.35. The molecule has 2 N–H and O–H groups in total. The first-order valence-electron chi connectivity index (χ1n) is 9.62. The van der Waals surface area contributed by atoms with Crippen molar-refractivity contribution in [3.05, 3.63) is 64.7 Å². The quantitative estimate of drug-likeness (QED) is 0.669.